The molecule has 1 atom stereocenters. The monoisotopic (exact) mass is 216 g/mol. The van der Waals surface area contributed by atoms with E-state index in [4.69, 9.17) is 4.74 Å². The molecular weight excluding hydrogens is 203 g/mol. The van der Waals surface area contributed by atoms with Gasteiger partial charge in [0.15, 0.2) is 0 Å². The van der Waals surface area contributed by atoms with Crippen LogP contribution in [0.2, 0.25) is 0 Å². The van der Waals surface area contributed by atoms with Gasteiger partial charge in [-0.3, -0.25) is 0 Å². The summed E-state index contributed by atoms with van der Waals surface area (Å²) in [6, 6.07) is 5.66. The fourth-order valence-corrected chi connectivity index (χ4v) is 0.907. The molecule has 14 heavy (non-hydrogen) atoms. The van der Waals surface area contributed by atoms with Crippen LogP contribution in [-0.2, 0) is 0 Å². The second kappa shape index (κ2) is 4.66. The van der Waals surface area contributed by atoms with E-state index in [0.717, 1.165) is 0 Å². The van der Waals surface area contributed by atoms with E-state index in [1.165, 1.54) is 24.3 Å². The Morgan fingerprint density at radius 2 is 2.00 bits per heavy atom. The third kappa shape index (κ3) is 3.55. The highest BCUT2D eigenvalue weighted by atomic mass is 32.1. The summed E-state index contributed by atoms with van der Waals surface area (Å²) in [4.78, 5) is 0. The van der Waals surface area contributed by atoms with E-state index in [1.54, 1.807) is 6.92 Å². The minimum Gasteiger partial charge on any atom is -0.491 e. The smallest absolute Gasteiger partial charge is 0.123 e. The van der Waals surface area contributed by atoms with Gasteiger partial charge in [-0.25, -0.2) is 4.39 Å². The molecule has 1 rings (SSSR count). The fraction of sp³-hybridized carbons (Fsp3) is 0.400. The molecule has 1 unspecified atom stereocenters. The summed E-state index contributed by atoms with van der Waals surface area (Å²) in [6.45, 7) is 1.77. The number of rotatable bonds is 4. The van der Waals surface area contributed by atoms with Crippen molar-refractivity contribution in [3.8, 4) is 5.75 Å². The van der Waals surface area contributed by atoms with Crippen LogP contribution in [0, 0.1) is 5.82 Å². The summed E-state index contributed by atoms with van der Waals surface area (Å²) in [6.07, 6.45) is 0. The van der Waals surface area contributed by atoms with Crippen molar-refractivity contribution in [2.45, 2.75) is 12.5 Å². The maximum absolute atomic E-state index is 12.5. The second-order valence-corrected chi connectivity index (χ2v) is 3.71. The first-order valence-corrected chi connectivity index (χ1v) is 4.88. The van der Waals surface area contributed by atoms with Crippen LogP contribution < -0.4 is 4.74 Å². The quantitative estimate of drug-likeness (QED) is 0.753. The first kappa shape index (κ1) is 11.3. The Balaban J connectivity index is 2.50. The van der Waals surface area contributed by atoms with Crippen molar-refractivity contribution in [2.24, 2.45) is 0 Å². The molecule has 0 aliphatic heterocycles. The van der Waals surface area contributed by atoms with Gasteiger partial charge in [0.2, 0.25) is 0 Å². The van der Waals surface area contributed by atoms with E-state index >= 15 is 0 Å². The Labute approximate surface area is 88.1 Å². The van der Waals surface area contributed by atoms with Crippen LogP contribution >= 0.6 is 12.6 Å². The molecule has 0 saturated heterocycles. The van der Waals surface area contributed by atoms with Crippen molar-refractivity contribution in [1.29, 1.82) is 0 Å². The lowest BCUT2D eigenvalue weighted by Gasteiger charge is -2.20. The number of thiol groups is 1. The Kier molecular flexibility index (Phi) is 3.77. The second-order valence-electron chi connectivity index (χ2n) is 3.40. The first-order chi connectivity index (χ1) is 6.53. The predicted molar refractivity (Wildman–Crippen MR) is 56.4 cm³/mol. The van der Waals surface area contributed by atoms with Crippen molar-refractivity contribution in [3.63, 3.8) is 0 Å². The zero-order chi connectivity index (χ0) is 10.6. The van der Waals surface area contributed by atoms with E-state index in [0.29, 0.717) is 11.5 Å². The molecule has 2 nitrogen and oxygen atoms in total. The number of hydrogen-bond acceptors (Lipinski definition) is 3. The standard InChI is InChI=1S/C10H13FO2S/c1-10(12,7-14)6-13-9-4-2-8(11)3-5-9/h2-5,12,14H,6-7H2,1H3. The summed E-state index contributed by atoms with van der Waals surface area (Å²) < 4.78 is 17.8. The Bertz CT molecular complexity index is 285. The van der Waals surface area contributed by atoms with Gasteiger partial charge in [-0.2, -0.15) is 12.6 Å². The maximum Gasteiger partial charge on any atom is 0.123 e. The normalized spacial score (nSPS) is 14.9. The molecule has 1 N–H and O–H groups in total. The number of hydrogen-bond donors (Lipinski definition) is 2. The van der Waals surface area contributed by atoms with Gasteiger partial charge < -0.3 is 9.84 Å². The van der Waals surface area contributed by atoms with Gasteiger partial charge >= 0.3 is 0 Å². The van der Waals surface area contributed by atoms with Gasteiger partial charge in [-0.05, 0) is 31.2 Å². The fourth-order valence-electron chi connectivity index (χ4n) is 0.815. The van der Waals surface area contributed by atoms with Crippen LogP contribution in [0.15, 0.2) is 24.3 Å². The molecule has 0 bridgehead atoms. The Morgan fingerprint density at radius 3 is 2.50 bits per heavy atom. The Morgan fingerprint density at radius 1 is 1.43 bits per heavy atom. The minimum absolute atomic E-state index is 0.141. The average Bonchev–Trinajstić information content (AvgIpc) is 2.17. The molecule has 0 spiro atoms. The maximum atomic E-state index is 12.5. The molecule has 0 aliphatic rings. The topological polar surface area (TPSA) is 29.5 Å². The molecule has 0 fully saturated rings. The summed E-state index contributed by atoms with van der Waals surface area (Å²) in [7, 11) is 0. The Hall–Kier alpha value is -0.740. The summed E-state index contributed by atoms with van der Waals surface area (Å²) in [5.74, 6) is 0.542. The van der Waals surface area contributed by atoms with Gasteiger partial charge in [-0.15, -0.1) is 0 Å². The van der Waals surface area contributed by atoms with Gasteiger partial charge in [0.25, 0.3) is 0 Å². The number of aliphatic hydroxyl groups is 1. The third-order valence-corrected chi connectivity index (χ3v) is 2.39. The van der Waals surface area contributed by atoms with E-state index in [9.17, 15) is 9.50 Å². The lowest BCUT2D eigenvalue weighted by atomic mass is 10.1. The highest BCUT2D eigenvalue weighted by Gasteiger charge is 2.18. The summed E-state index contributed by atoms with van der Waals surface area (Å²) in [5, 5.41) is 9.56. The molecule has 1 aromatic carbocycles. The van der Waals surface area contributed by atoms with Gasteiger partial charge in [0.05, 0.1) is 0 Å². The van der Waals surface area contributed by atoms with E-state index in [2.05, 4.69) is 12.6 Å². The lowest BCUT2D eigenvalue weighted by Crippen LogP contribution is -2.34. The van der Waals surface area contributed by atoms with E-state index < -0.39 is 5.60 Å². The van der Waals surface area contributed by atoms with Crippen molar-refractivity contribution < 1.29 is 14.2 Å². The highest BCUT2D eigenvalue weighted by molar-refractivity contribution is 7.80. The van der Waals surface area contributed by atoms with Crippen LogP contribution in [0.4, 0.5) is 4.39 Å². The van der Waals surface area contributed by atoms with Crippen LogP contribution in [-0.4, -0.2) is 23.1 Å². The molecular formula is C10H13FO2S. The average molecular weight is 216 g/mol. The SMILES string of the molecule is CC(O)(CS)COc1ccc(F)cc1. The van der Waals surface area contributed by atoms with Crippen molar-refractivity contribution in [3.05, 3.63) is 30.1 Å². The first-order valence-electron chi connectivity index (χ1n) is 4.25. The lowest BCUT2D eigenvalue weighted by molar-refractivity contribution is 0.0331. The van der Waals surface area contributed by atoms with Gasteiger partial charge in [-0.1, -0.05) is 0 Å². The summed E-state index contributed by atoms with van der Waals surface area (Å²) >= 11 is 3.97. The number of halogens is 1. The molecule has 0 radical (unpaired) electrons. The van der Waals surface area contributed by atoms with Crippen LogP contribution in [0.25, 0.3) is 0 Å². The highest BCUT2D eigenvalue weighted by Crippen LogP contribution is 2.14. The molecule has 0 saturated carbocycles. The van der Waals surface area contributed by atoms with Crippen molar-refractivity contribution >= 4 is 12.6 Å². The van der Waals surface area contributed by atoms with Gasteiger partial charge in [0.1, 0.15) is 23.8 Å². The zero-order valence-corrected chi connectivity index (χ0v) is 8.80. The van der Waals surface area contributed by atoms with Gasteiger partial charge in [0, 0.05) is 5.75 Å². The van der Waals surface area contributed by atoms with E-state index in [1.807, 2.05) is 0 Å². The van der Waals surface area contributed by atoms with Crippen molar-refractivity contribution in [2.75, 3.05) is 12.4 Å². The number of ether oxygens (including phenoxy) is 1. The molecule has 78 valence electrons. The molecule has 1 aromatic rings. The van der Waals surface area contributed by atoms with Crippen LogP contribution in [0.5, 0.6) is 5.75 Å². The van der Waals surface area contributed by atoms with Crippen LogP contribution in [0.3, 0.4) is 0 Å². The molecule has 0 aliphatic carbocycles. The third-order valence-electron chi connectivity index (χ3n) is 1.70. The minimum atomic E-state index is -0.961. The molecule has 4 heteroatoms. The zero-order valence-electron chi connectivity index (χ0n) is 7.90. The van der Waals surface area contributed by atoms with Crippen LogP contribution in [0.1, 0.15) is 6.92 Å². The van der Waals surface area contributed by atoms with E-state index in [-0.39, 0.29) is 12.4 Å². The van der Waals surface area contributed by atoms with Crippen molar-refractivity contribution in [1.82, 2.24) is 0 Å². The predicted octanol–water partition coefficient (Wildman–Crippen LogP) is 1.89. The summed E-state index contributed by atoms with van der Waals surface area (Å²) in [5.41, 5.74) is -0.961. The molecule has 0 heterocycles. The largest absolute Gasteiger partial charge is 0.491 e. The molecule has 0 amide bonds. The molecule has 0 aromatic heterocycles. The number of benzene rings is 1.